The minimum atomic E-state index is -3.83. The second kappa shape index (κ2) is 13.7. The van der Waals surface area contributed by atoms with Crippen molar-refractivity contribution in [3.05, 3.63) is 54.1 Å². The highest BCUT2D eigenvalue weighted by atomic mass is 32.2. The molecule has 10 heteroatoms. The van der Waals surface area contributed by atoms with Crippen LogP contribution in [-0.4, -0.2) is 71.3 Å². The van der Waals surface area contributed by atoms with Crippen molar-refractivity contribution < 1.29 is 27.5 Å². The number of nitrogens with one attached hydrogen (secondary N) is 1. The maximum atomic E-state index is 13.5. The Morgan fingerprint density at radius 1 is 1.03 bits per heavy atom. The second-order valence-electron chi connectivity index (χ2n) is 8.45. The number of hydrogen-bond acceptors (Lipinski definition) is 6. The quantitative estimate of drug-likeness (QED) is 0.385. The number of amides is 2. The predicted molar refractivity (Wildman–Crippen MR) is 141 cm³/mol. The molecule has 0 saturated heterocycles. The van der Waals surface area contributed by atoms with Gasteiger partial charge in [-0.2, -0.15) is 0 Å². The third-order valence-electron chi connectivity index (χ3n) is 5.82. The van der Waals surface area contributed by atoms with E-state index < -0.39 is 28.5 Å². The maximum Gasteiger partial charge on any atom is 0.244 e. The Labute approximate surface area is 214 Å². The van der Waals surface area contributed by atoms with Gasteiger partial charge in [-0.25, -0.2) is 8.42 Å². The smallest absolute Gasteiger partial charge is 0.244 e. The largest absolute Gasteiger partial charge is 0.493 e. The number of ether oxygens (including phenoxy) is 2. The molecule has 0 radical (unpaired) electrons. The van der Waals surface area contributed by atoms with Crippen molar-refractivity contribution in [3.8, 4) is 11.5 Å². The number of benzene rings is 2. The third-order valence-corrected chi connectivity index (χ3v) is 6.96. The van der Waals surface area contributed by atoms with Gasteiger partial charge in [0.2, 0.25) is 21.8 Å². The summed E-state index contributed by atoms with van der Waals surface area (Å²) >= 11 is 0. The first kappa shape index (κ1) is 29.0. The number of anilines is 1. The summed E-state index contributed by atoms with van der Waals surface area (Å²) in [5, 5.41) is 2.86. The molecule has 0 heterocycles. The molecule has 0 spiro atoms. The van der Waals surface area contributed by atoms with Crippen molar-refractivity contribution in [3.63, 3.8) is 0 Å². The average molecular weight is 520 g/mol. The van der Waals surface area contributed by atoms with Gasteiger partial charge in [-0.3, -0.25) is 13.9 Å². The van der Waals surface area contributed by atoms with Gasteiger partial charge in [0.25, 0.3) is 0 Å². The Balaban J connectivity index is 2.33. The molecule has 2 rings (SSSR count). The fourth-order valence-electron chi connectivity index (χ4n) is 3.70. The lowest BCUT2D eigenvalue weighted by Crippen LogP contribution is -2.52. The number of sulfonamides is 1. The van der Waals surface area contributed by atoms with Gasteiger partial charge >= 0.3 is 0 Å². The molecule has 2 aromatic carbocycles. The Bertz CT molecular complexity index is 1110. The Kier molecular flexibility index (Phi) is 11.0. The normalized spacial score (nSPS) is 11.9. The zero-order chi connectivity index (χ0) is 26.7. The second-order valence-corrected chi connectivity index (χ2v) is 10.4. The number of nitrogens with zero attached hydrogens (tertiary/aromatic N) is 2. The minimum absolute atomic E-state index is 0.256. The number of carbonyl (C=O) groups is 2. The summed E-state index contributed by atoms with van der Waals surface area (Å²) in [5.74, 6) is 0.00903. The Hall–Kier alpha value is -3.27. The Morgan fingerprint density at radius 3 is 2.28 bits per heavy atom. The summed E-state index contributed by atoms with van der Waals surface area (Å²) in [4.78, 5) is 27.8. The van der Waals surface area contributed by atoms with E-state index in [1.807, 2.05) is 37.3 Å². The molecule has 0 saturated carbocycles. The first-order valence-corrected chi connectivity index (χ1v) is 13.8. The monoisotopic (exact) mass is 519 g/mol. The van der Waals surface area contributed by atoms with Crippen molar-refractivity contribution in [2.75, 3.05) is 44.4 Å². The van der Waals surface area contributed by atoms with Crippen molar-refractivity contribution in [1.29, 1.82) is 0 Å². The van der Waals surface area contributed by atoms with E-state index >= 15 is 0 Å². The molecule has 0 aliphatic rings. The highest BCUT2D eigenvalue weighted by molar-refractivity contribution is 7.92. The first-order valence-electron chi connectivity index (χ1n) is 11.9. The summed E-state index contributed by atoms with van der Waals surface area (Å²) in [7, 11) is -0.908. The highest BCUT2D eigenvalue weighted by Crippen LogP contribution is 2.32. The van der Waals surface area contributed by atoms with Crippen LogP contribution in [0.2, 0.25) is 0 Å². The molecule has 0 fully saturated rings. The number of carbonyl (C=O) groups excluding carboxylic acids is 2. The van der Waals surface area contributed by atoms with Gasteiger partial charge in [0.1, 0.15) is 12.6 Å². The minimum Gasteiger partial charge on any atom is -0.493 e. The van der Waals surface area contributed by atoms with E-state index in [2.05, 4.69) is 5.32 Å². The average Bonchev–Trinajstić information content (AvgIpc) is 2.86. The lowest BCUT2D eigenvalue weighted by atomic mass is 10.1. The lowest BCUT2D eigenvalue weighted by Gasteiger charge is -2.31. The van der Waals surface area contributed by atoms with Crippen LogP contribution < -0.4 is 19.1 Å². The van der Waals surface area contributed by atoms with Gasteiger partial charge in [-0.05, 0) is 37.5 Å². The van der Waals surface area contributed by atoms with E-state index in [1.54, 1.807) is 19.1 Å². The van der Waals surface area contributed by atoms with E-state index in [0.717, 1.165) is 29.0 Å². The van der Waals surface area contributed by atoms with Crippen LogP contribution in [0, 0.1) is 0 Å². The molecular weight excluding hydrogens is 482 g/mol. The van der Waals surface area contributed by atoms with Crippen LogP contribution in [0.1, 0.15) is 32.3 Å². The topological polar surface area (TPSA) is 105 Å². The maximum absolute atomic E-state index is 13.5. The van der Waals surface area contributed by atoms with Crippen LogP contribution >= 0.6 is 0 Å². The van der Waals surface area contributed by atoms with E-state index in [1.165, 1.54) is 25.2 Å². The van der Waals surface area contributed by atoms with Crippen LogP contribution in [-0.2, 0) is 26.0 Å². The molecule has 0 aliphatic carbocycles. The SMILES string of the molecule is CCCCNC(=O)[C@H](C)N(CCc1ccccc1)C(=O)CN(c1ccc(OC)c(OC)c1)S(C)(=O)=O. The van der Waals surface area contributed by atoms with Crippen molar-refractivity contribution in [2.24, 2.45) is 0 Å². The van der Waals surface area contributed by atoms with Gasteiger partial charge in [0.15, 0.2) is 11.5 Å². The van der Waals surface area contributed by atoms with Crippen molar-refractivity contribution >= 4 is 27.5 Å². The van der Waals surface area contributed by atoms with Crippen molar-refractivity contribution in [2.45, 2.75) is 39.2 Å². The summed E-state index contributed by atoms with van der Waals surface area (Å²) < 4.78 is 37.0. The fourth-order valence-corrected chi connectivity index (χ4v) is 4.54. The third kappa shape index (κ3) is 8.15. The van der Waals surface area contributed by atoms with Gasteiger partial charge in [-0.1, -0.05) is 43.7 Å². The van der Waals surface area contributed by atoms with Crippen LogP contribution in [0.3, 0.4) is 0 Å². The number of methoxy groups -OCH3 is 2. The molecule has 0 aromatic heterocycles. The van der Waals surface area contributed by atoms with Crippen LogP contribution in [0.15, 0.2) is 48.5 Å². The van der Waals surface area contributed by atoms with Gasteiger partial charge < -0.3 is 19.7 Å². The summed E-state index contributed by atoms with van der Waals surface area (Å²) in [6, 6.07) is 13.5. The molecule has 1 atom stereocenters. The summed E-state index contributed by atoms with van der Waals surface area (Å²) in [5.41, 5.74) is 1.26. The van der Waals surface area contributed by atoms with Crippen LogP contribution in [0.4, 0.5) is 5.69 Å². The van der Waals surface area contributed by atoms with Gasteiger partial charge in [0, 0.05) is 19.2 Å². The molecule has 36 heavy (non-hydrogen) atoms. The zero-order valence-electron chi connectivity index (χ0n) is 21.7. The zero-order valence-corrected chi connectivity index (χ0v) is 22.5. The van der Waals surface area contributed by atoms with Gasteiger partial charge in [-0.15, -0.1) is 0 Å². The van der Waals surface area contributed by atoms with Gasteiger partial charge in [0.05, 0.1) is 26.2 Å². The lowest BCUT2D eigenvalue weighted by molar-refractivity contribution is -0.138. The molecule has 0 bridgehead atoms. The molecule has 198 valence electrons. The molecular formula is C26H37N3O6S. The van der Waals surface area contributed by atoms with E-state index in [9.17, 15) is 18.0 Å². The molecule has 0 aliphatic heterocycles. The molecule has 0 unspecified atom stereocenters. The van der Waals surface area contributed by atoms with E-state index in [0.29, 0.717) is 24.5 Å². The number of unbranched alkanes of at least 4 members (excludes halogenated alkanes) is 1. The number of hydrogen-bond donors (Lipinski definition) is 1. The van der Waals surface area contributed by atoms with Crippen LogP contribution in [0.25, 0.3) is 0 Å². The van der Waals surface area contributed by atoms with E-state index in [-0.39, 0.29) is 18.1 Å². The summed E-state index contributed by atoms with van der Waals surface area (Å²) in [6.45, 7) is 4.00. The Morgan fingerprint density at radius 2 is 1.69 bits per heavy atom. The van der Waals surface area contributed by atoms with Crippen LogP contribution in [0.5, 0.6) is 11.5 Å². The fraction of sp³-hybridized carbons (Fsp3) is 0.462. The highest BCUT2D eigenvalue weighted by Gasteiger charge is 2.30. The number of rotatable bonds is 14. The standard InChI is InChI=1S/C26H37N3O6S/c1-6-7-16-27-26(31)20(2)28(17-15-21-11-9-8-10-12-21)25(30)19-29(36(5,32)33)22-13-14-23(34-3)24(18-22)35-4/h8-14,18,20H,6-7,15-17,19H2,1-5H3,(H,27,31)/t20-/m0/s1. The molecule has 2 amide bonds. The van der Waals surface area contributed by atoms with Crippen molar-refractivity contribution in [1.82, 2.24) is 10.2 Å². The first-order chi connectivity index (χ1) is 17.1. The molecule has 1 N–H and O–H groups in total. The predicted octanol–water partition coefficient (Wildman–Crippen LogP) is 2.85. The van der Waals surface area contributed by atoms with E-state index in [4.69, 9.17) is 9.47 Å². The molecule has 9 nitrogen and oxygen atoms in total. The summed E-state index contributed by atoms with van der Waals surface area (Å²) in [6.07, 6.45) is 3.32. The molecule has 2 aromatic rings.